The van der Waals surface area contributed by atoms with Crippen LogP contribution in [-0.2, 0) is 14.6 Å². The van der Waals surface area contributed by atoms with Gasteiger partial charge in [-0.3, -0.25) is 10.1 Å². The van der Waals surface area contributed by atoms with Gasteiger partial charge in [-0.05, 0) is 31.6 Å². The number of amides is 1. The van der Waals surface area contributed by atoms with Crippen LogP contribution in [0, 0.1) is 5.92 Å². The van der Waals surface area contributed by atoms with Crippen LogP contribution in [0.1, 0.15) is 84.1 Å². The normalized spacial score (nSPS) is 21.3. The minimum atomic E-state index is -3.53. The second-order valence-corrected chi connectivity index (χ2v) is 10.7. The third kappa shape index (κ3) is 4.70. The molecule has 2 saturated carbocycles. The number of rotatable bonds is 6. The third-order valence-corrected chi connectivity index (χ3v) is 8.79. The molecule has 1 heterocycles. The maximum absolute atomic E-state index is 13.1. The summed E-state index contributed by atoms with van der Waals surface area (Å²) in [6, 6.07) is 0.323. The lowest BCUT2D eigenvalue weighted by Gasteiger charge is -2.28. The molecule has 1 atom stereocenters. The van der Waals surface area contributed by atoms with Gasteiger partial charge in [-0.1, -0.05) is 52.4 Å². The van der Waals surface area contributed by atoms with Crippen LogP contribution in [-0.4, -0.2) is 39.6 Å². The van der Waals surface area contributed by atoms with Crippen LogP contribution >= 0.6 is 0 Å². The van der Waals surface area contributed by atoms with E-state index in [9.17, 15) is 13.2 Å². The second-order valence-electron chi connectivity index (χ2n) is 8.34. The highest BCUT2D eigenvalue weighted by atomic mass is 32.2. The molecule has 7 nitrogen and oxygen atoms in total. The number of carbonyl (C=O) groups is 1. The first-order valence-electron chi connectivity index (χ1n) is 10.3. The second kappa shape index (κ2) is 8.71. The summed E-state index contributed by atoms with van der Waals surface area (Å²) in [5.41, 5.74) is 0. The first-order chi connectivity index (χ1) is 12.9. The predicted molar refractivity (Wildman–Crippen MR) is 105 cm³/mol. The highest BCUT2D eigenvalue weighted by molar-refractivity contribution is 7.93. The van der Waals surface area contributed by atoms with E-state index in [4.69, 9.17) is 0 Å². The van der Waals surface area contributed by atoms with Crippen molar-refractivity contribution >= 4 is 21.7 Å². The predicted octanol–water partition coefficient (Wildman–Crippen LogP) is 3.49. The highest BCUT2D eigenvalue weighted by Gasteiger charge is 2.41. The number of sulfone groups is 1. The Morgan fingerprint density at radius 1 is 1.07 bits per heavy atom. The zero-order chi connectivity index (χ0) is 19.4. The van der Waals surface area contributed by atoms with Crippen molar-refractivity contribution in [2.24, 2.45) is 5.92 Å². The van der Waals surface area contributed by atoms with E-state index in [1.54, 1.807) is 20.2 Å². The maximum atomic E-state index is 13.1. The van der Waals surface area contributed by atoms with Crippen molar-refractivity contribution in [3.05, 3.63) is 6.33 Å². The van der Waals surface area contributed by atoms with Crippen molar-refractivity contribution in [1.29, 1.82) is 0 Å². The first-order valence-corrected chi connectivity index (χ1v) is 11.9. The largest absolute Gasteiger partial charge is 0.292 e. The van der Waals surface area contributed by atoms with Gasteiger partial charge in [0.2, 0.25) is 11.9 Å². The quantitative estimate of drug-likeness (QED) is 0.794. The number of carbonyl (C=O) groups excluding carboxylic acids is 1. The van der Waals surface area contributed by atoms with Crippen molar-refractivity contribution in [1.82, 2.24) is 14.8 Å². The molecule has 2 aliphatic rings. The molecule has 3 rings (SSSR count). The molecule has 0 spiro atoms. The molecule has 1 aromatic heterocycles. The Balaban J connectivity index is 1.71. The minimum absolute atomic E-state index is 0.204. The Bertz CT molecular complexity index is 732. The molecule has 27 heavy (non-hydrogen) atoms. The number of nitrogens with zero attached hydrogens (tertiary/aromatic N) is 3. The third-order valence-electron chi connectivity index (χ3n) is 5.93. The molecule has 0 radical (unpaired) electrons. The standard InChI is InChI=1S/C19H32N4O3S/c1-14(2)17(27(25,26)16-11-7-4-8-12-16)18(24)21-19-20-13-23(22-19)15-9-5-3-6-10-15/h13-17H,3-12H2,1-2H3,(H,21,22,24). The van der Waals surface area contributed by atoms with Gasteiger partial charge in [0.05, 0.1) is 11.3 Å². The summed E-state index contributed by atoms with van der Waals surface area (Å²) >= 11 is 0. The Morgan fingerprint density at radius 2 is 1.67 bits per heavy atom. The molecule has 0 aromatic carbocycles. The Hall–Kier alpha value is -1.44. The molecule has 0 bridgehead atoms. The summed E-state index contributed by atoms with van der Waals surface area (Å²) in [4.78, 5) is 17.0. The molecule has 2 aliphatic carbocycles. The molecule has 0 aliphatic heterocycles. The van der Waals surface area contributed by atoms with Crippen LogP contribution in [0.3, 0.4) is 0 Å². The molecule has 1 amide bonds. The monoisotopic (exact) mass is 396 g/mol. The molecule has 8 heteroatoms. The molecule has 1 unspecified atom stereocenters. The fourth-order valence-electron chi connectivity index (χ4n) is 4.47. The van der Waals surface area contributed by atoms with E-state index in [1.807, 2.05) is 4.68 Å². The number of aromatic nitrogens is 3. The average molecular weight is 397 g/mol. The first kappa shape index (κ1) is 20.3. The maximum Gasteiger partial charge on any atom is 0.248 e. The van der Waals surface area contributed by atoms with E-state index in [2.05, 4.69) is 15.4 Å². The molecular weight excluding hydrogens is 364 g/mol. The molecule has 1 aromatic rings. The number of anilines is 1. The number of nitrogens with one attached hydrogen (secondary N) is 1. The summed E-state index contributed by atoms with van der Waals surface area (Å²) < 4.78 is 28.0. The smallest absolute Gasteiger partial charge is 0.248 e. The van der Waals surface area contributed by atoms with Gasteiger partial charge in [0, 0.05) is 0 Å². The van der Waals surface area contributed by atoms with E-state index in [0.717, 1.165) is 32.1 Å². The molecule has 0 saturated heterocycles. The fraction of sp³-hybridized carbons (Fsp3) is 0.842. The van der Waals surface area contributed by atoms with Gasteiger partial charge in [0.15, 0.2) is 9.84 Å². The molecule has 1 N–H and O–H groups in total. The zero-order valence-corrected chi connectivity index (χ0v) is 17.2. The lowest BCUT2D eigenvalue weighted by Crippen LogP contribution is -2.44. The van der Waals surface area contributed by atoms with Crippen LogP contribution in [0.5, 0.6) is 0 Å². The summed E-state index contributed by atoms with van der Waals surface area (Å²) in [6.45, 7) is 3.58. The van der Waals surface area contributed by atoms with Crippen LogP contribution in [0.15, 0.2) is 6.33 Å². The Morgan fingerprint density at radius 3 is 2.26 bits per heavy atom. The van der Waals surface area contributed by atoms with Crippen molar-refractivity contribution < 1.29 is 13.2 Å². The van der Waals surface area contributed by atoms with Gasteiger partial charge in [-0.25, -0.2) is 18.1 Å². The van der Waals surface area contributed by atoms with E-state index < -0.39 is 26.2 Å². The summed E-state index contributed by atoms with van der Waals surface area (Å²) in [6.07, 6.45) is 11.6. The Kier molecular flexibility index (Phi) is 6.55. The van der Waals surface area contributed by atoms with Gasteiger partial charge >= 0.3 is 0 Å². The van der Waals surface area contributed by atoms with Crippen LogP contribution in [0.4, 0.5) is 5.95 Å². The molecule has 152 valence electrons. The SMILES string of the molecule is CC(C)C(C(=O)Nc1ncn(C2CCCCC2)n1)S(=O)(=O)C1CCCCC1. The van der Waals surface area contributed by atoms with Gasteiger partial charge in [0.1, 0.15) is 11.6 Å². The molecule has 2 fully saturated rings. The Labute approximate surface area is 162 Å². The van der Waals surface area contributed by atoms with Crippen LogP contribution < -0.4 is 5.32 Å². The van der Waals surface area contributed by atoms with E-state index in [1.165, 1.54) is 19.3 Å². The topological polar surface area (TPSA) is 93.9 Å². The fourth-order valence-corrected chi connectivity index (χ4v) is 6.99. The van der Waals surface area contributed by atoms with Crippen molar-refractivity contribution in [3.63, 3.8) is 0 Å². The van der Waals surface area contributed by atoms with Gasteiger partial charge < -0.3 is 0 Å². The lowest BCUT2D eigenvalue weighted by atomic mass is 9.96. The van der Waals surface area contributed by atoms with Gasteiger partial charge in [-0.15, -0.1) is 5.10 Å². The number of hydrogen-bond donors (Lipinski definition) is 1. The van der Waals surface area contributed by atoms with Crippen molar-refractivity contribution in [2.45, 2.75) is 94.6 Å². The van der Waals surface area contributed by atoms with Crippen LogP contribution in [0.2, 0.25) is 0 Å². The lowest BCUT2D eigenvalue weighted by molar-refractivity contribution is -0.116. The van der Waals surface area contributed by atoms with Gasteiger partial charge in [-0.2, -0.15) is 0 Å². The average Bonchev–Trinajstić information content (AvgIpc) is 3.11. The van der Waals surface area contributed by atoms with E-state index >= 15 is 0 Å². The number of hydrogen-bond acceptors (Lipinski definition) is 5. The summed E-state index contributed by atoms with van der Waals surface area (Å²) in [5.74, 6) is -0.593. The summed E-state index contributed by atoms with van der Waals surface area (Å²) in [5, 5.41) is 5.60. The zero-order valence-electron chi connectivity index (χ0n) is 16.4. The van der Waals surface area contributed by atoms with Crippen LogP contribution in [0.25, 0.3) is 0 Å². The van der Waals surface area contributed by atoms with Crippen molar-refractivity contribution in [2.75, 3.05) is 5.32 Å². The minimum Gasteiger partial charge on any atom is -0.292 e. The molecular formula is C19H32N4O3S. The summed E-state index contributed by atoms with van der Waals surface area (Å²) in [7, 11) is -3.53. The van der Waals surface area contributed by atoms with E-state index in [0.29, 0.717) is 18.9 Å². The van der Waals surface area contributed by atoms with E-state index in [-0.39, 0.29) is 11.9 Å². The van der Waals surface area contributed by atoms with Gasteiger partial charge in [0.25, 0.3) is 0 Å². The highest BCUT2D eigenvalue weighted by Crippen LogP contribution is 2.30. The van der Waals surface area contributed by atoms with Crippen molar-refractivity contribution in [3.8, 4) is 0 Å².